The van der Waals surface area contributed by atoms with Crippen LogP contribution in [0.1, 0.15) is 17.3 Å². The van der Waals surface area contributed by atoms with Crippen LogP contribution in [0, 0.1) is 11.6 Å². The maximum absolute atomic E-state index is 13.6. The van der Waals surface area contributed by atoms with Crippen molar-refractivity contribution in [3.8, 4) is 11.5 Å². The van der Waals surface area contributed by atoms with Gasteiger partial charge in [0.2, 0.25) is 0 Å². The van der Waals surface area contributed by atoms with Crippen LogP contribution in [0.4, 0.5) is 8.78 Å². The molecular formula is C14H8BrClF2O2. The summed E-state index contributed by atoms with van der Waals surface area (Å²) in [5, 5.41) is -0.0738. The number of carbonyl (C=O) groups is 1. The highest BCUT2D eigenvalue weighted by Crippen LogP contribution is 2.35. The Kier molecular flexibility index (Phi) is 4.40. The summed E-state index contributed by atoms with van der Waals surface area (Å²) >= 11 is 8.79. The molecule has 0 heterocycles. The van der Waals surface area contributed by atoms with Gasteiger partial charge in [-0.25, -0.2) is 8.78 Å². The number of carbonyl (C=O) groups excluding carboxylic acids is 1. The highest BCUT2D eigenvalue weighted by atomic mass is 79.9. The fourth-order valence-electron chi connectivity index (χ4n) is 1.63. The fourth-order valence-corrected chi connectivity index (χ4v) is 2.35. The third kappa shape index (κ3) is 2.99. The van der Waals surface area contributed by atoms with Crippen molar-refractivity contribution in [3.05, 3.63) is 57.0 Å². The fraction of sp³-hybridized carbons (Fsp3) is 0.0714. The van der Waals surface area contributed by atoms with Gasteiger partial charge >= 0.3 is 0 Å². The predicted octanol–water partition coefficient (Wildman–Crippen LogP) is 5.38. The summed E-state index contributed by atoms with van der Waals surface area (Å²) in [6.07, 6.45) is 0. The molecule has 20 heavy (non-hydrogen) atoms. The molecule has 0 fully saturated rings. The molecule has 0 saturated carbocycles. The first-order chi connectivity index (χ1) is 9.40. The molecule has 0 saturated heterocycles. The van der Waals surface area contributed by atoms with Crippen molar-refractivity contribution in [2.24, 2.45) is 0 Å². The molecule has 104 valence electrons. The molecule has 0 atom stereocenters. The zero-order valence-corrected chi connectivity index (χ0v) is 12.6. The van der Waals surface area contributed by atoms with E-state index in [-0.39, 0.29) is 22.1 Å². The van der Waals surface area contributed by atoms with Crippen LogP contribution >= 0.6 is 27.5 Å². The molecule has 2 rings (SSSR count). The number of rotatable bonds is 3. The Hall–Kier alpha value is -1.46. The second-order valence-electron chi connectivity index (χ2n) is 3.97. The lowest BCUT2D eigenvalue weighted by molar-refractivity contribution is 0.101. The maximum atomic E-state index is 13.6. The van der Waals surface area contributed by atoms with Gasteiger partial charge in [0.1, 0.15) is 23.1 Å². The zero-order valence-electron chi connectivity index (χ0n) is 10.2. The second-order valence-corrected chi connectivity index (χ2v) is 5.23. The molecule has 0 aliphatic rings. The van der Waals surface area contributed by atoms with Crippen molar-refractivity contribution in [1.29, 1.82) is 0 Å². The molecule has 0 aromatic heterocycles. The third-order valence-corrected chi connectivity index (χ3v) is 3.43. The topological polar surface area (TPSA) is 26.3 Å². The van der Waals surface area contributed by atoms with Crippen molar-refractivity contribution >= 4 is 33.3 Å². The van der Waals surface area contributed by atoms with E-state index in [2.05, 4.69) is 15.9 Å². The minimum Gasteiger partial charge on any atom is -0.455 e. The van der Waals surface area contributed by atoms with E-state index in [1.807, 2.05) is 0 Å². The summed E-state index contributed by atoms with van der Waals surface area (Å²) in [5.41, 5.74) is -0.185. The number of Topliss-reactive ketones (excluding diaryl/α,β-unsaturated/α-hetero) is 1. The first-order valence-electron chi connectivity index (χ1n) is 5.52. The quantitative estimate of drug-likeness (QED) is 0.542. The molecule has 0 bridgehead atoms. The van der Waals surface area contributed by atoms with E-state index in [0.717, 1.165) is 12.1 Å². The molecule has 2 aromatic rings. The van der Waals surface area contributed by atoms with Crippen LogP contribution in [0.25, 0.3) is 0 Å². The van der Waals surface area contributed by atoms with Crippen molar-refractivity contribution < 1.29 is 18.3 Å². The number of ether oxygens (including phenoxy) is 1. The zero-order chi connectivity index (χ0) is 14.9. The number of hydrogen-bond acceptors (Lipinski definition) is 2. The highest BCUT2D eigenvalue weighted by Gasteiger charge is 2.16. The Bertz CT molecular complexity index is 689. The van der Waals surface area contributed by atoms with Gasteiger partial charge in [0, 0.05) is 6.07 Å². The largest absolute Gasteiger partial charge is 0.455 e. The molecule has 0 radical (unpaired) electrons. The van der Waals surface area contributed by atoms with Crippen molar-refractivity contribution in [2.75, 3.05) is 0 Å². The molecule has 0 N–H and O–H groups in total. The van der Waals surface area contributed by atoms with E-state index in [4.69, 9.17) is 16.3 Å². The van der Waals surface area contributed by atoms with Crippen LogP contribution in [0.2, 0.25) is 5.02 Å². The lowest BCUT2D eigenvalue weighted by Gasteiger charge is -2.12. The van der Waals surface area contributed by atoms with Gasteiger partial charge in [-0.3, -0.25) is 4.79 Å². The van der Waals surface area contributed by atoms with Crippen LogP contribution in [-0.4, -0.2) is 5.78 Å². The molecule has 0 spiro atoms. The van der Waals surface area contributed by atoms with Crippen molar-refractivity contribution in [1.82, 2.24) is 0 Å². The number of benzene rings is 2. The van der Waals surface area contributed by atoms with Gasteiger partial charge in [0.25, 0.3) is 0 Å². The number of halogens is 4. The first-order valence-corrected chi connectivity index (χ1v) is 6.69. The molecule has 0 amide bonds. The van der Waals surface area contributed by atoms with E-state index >= 15 is 0 Å². The number of ketones is 1. The molecule has 6 heteroatoms. The van der Waals surface area contributed by atoms with Gasteiger partial charge in [-0.2, -0.15) is 0 Å². The monoisotopic (exact) mass is 360 g/mol. The minimum atomic E-state index is -0.694. The summed E-state index contributed by atoms with van der Waals surface area (Å²) in [5.74, 6) is -1.74. The minimum absolute atomic E-state index is 0.0138. The third-order valence-electron chi connectivity index (χ3n) is 2.52. The molecular weight excluding hydrogens is 354 g/mol. The normalized spacial score (nSPS) is 10.4. The van der Waals surface area contributed by atoms with E-state index < -0.39 is 17.4 Å². The van der Waals surface area contributed by atoms with Crippen LogP contribution in [0.5, 0.6) is 11.5 Å². The van der Waals surface area contributed by atoms with E-state index in [1.165, 1.54) is 25.1 Å². The van der Waals surface area contributed by atoms with Gasteiger partial charge in [-0.05, 0) is 41.1 Å². The van der Waals surface area contributed by atoms with E-state index in [0.29, 0.717) is 4.47 Å². The summed E-state index contributed by atoms with van der Waals surface area (Å²) in [7, 11) is 0. The van der Waals surface area contributed by atoms with Gasteiger partial charge < -0.3 is 4.74 Å². The molecule has 2 aromatic carbocycles. The molecule has 2 nitrogen and oxygen atoms in total. The Morgan fingerprint density at radius 2 is 1.90 bits per heavy atom. The predicted molar refractivity (Wildman–Crippen MR) is 75.6 cm³/mol. The smallest absolute Gasteiger partial charge is 0.166 e. The average Bonchev–Trinajstić information content (AvgIpc) is 2.35. The Morgan fingerprint density at radius 3 is 2.55 bits per heavy atom. The Labute approximate surface area is 127 Å². The Morgan fingerprint density at radius 1 is 1.20 bits per heavy atom. The summed E-state index contributed by atoms with van der Waals surface area (Å²) in [6, 6.07) is 6.36. The first kappa shape index (κ1) is 14.9. The van der Waals surface area contributed by atoms with Gasteiger partial charge in [-0.1, -0.05) is 17.7 Å². The van der Waals surface area contributed by atoms with Crippen LogP contribution < -0.4 is 4.74 Å². The highest BCUT2D eigenvalue weighted by molar-refractivity contribution is 9.10. The Balaban J connectivity index is 2.48. The lowest BCUT2D eigenvalue weighted by atomic mass is 10.1. The maximum Gasteiger partial charge on any atom is 0.166 e. The van der Waals surface area contributed by atoms with Crippen molar-refractivity contribution in [2.45, 2.75) is 6.92 Å². The van der Waals surface area contributed by atoms with Gasteiger partial charge in [0.15, 0.2) is 5.78 Å². The molecule has 0 aliphatic carbocycles. The summed E-state index contributed by atoms with van der Waals surface area (Å²) in [6.45, 7) is 1.22. The van der Waals surface area contributed by atoms with Crippen LogP contribution in [0.15, 0.2) is 34.8 Å². The molecule has 0 unspecified atom stereocenters. The SMILES string of the molecule is CC(=O)c1c(F)cccc1Oc1cc(F)c(Cl)cc1Br. The van der Waals surface area contributed by atoms with Crippen LogP contribution in [-0.2, 0) is 0 Å². The molecule has 0 aliphatic heterocycles. The average molecular weight is 362 g/mol. The van der Waals surface area contributed by atoms with E-state index in [1.54, 1.807) is 0 Å². The van der Waals surface area contributed by atoms with Gasteiger partial charge in [-0.15, -0.1) is 0 Å². The van der Waals surface area contributed by atoms with Gasteiger partial charge in [0.05, 0.1) is 15.1 Å². The standard InChI is InChI=1S/C14H8BrClF2O2/c1-7(19)14-10(17)3-2-4-12(14)20-13-6-11(18)9(16)5-8(13)15/h2-6H,1H3. The summed E-state index contributed by atoms with van der Waals surface area (Å²) < 4.78 is 32.9. The lowest BCUT2D eigenvalue weighted by Crippen LogP contribution is -2.01. The van der Waals surface area contributed by atoms with Crippen molar-refractivity contribution in [3.63, 3.8) is 0 Å². The van der Waals surface area contributed by atoms with Crippen LogP contribution in [0.3, 0.4) is 0 Å². The number of hydrogen-bond donors (Lipinski definition) is 0. The van der Waals surface area contributed by atoms with E-state index in [9.17, 15) is 13.6 Å². The summed E-state index contributed by atoms with van der Waals surface area (Å²) in [4.78, 5) is 11.5. The second kappa shape index (κ2) is 5.89.